The summed E-state index contributed by atoms with van der Waals surface area (Å²) in [4.78, 5) is 1.89. The van der Waals surface area contributed by atoms with Crippen molar-refractivity contribution in [2.24, 2.45) is 0 Å². The Morgan fingerprint density at radius 3 is 2.80 bits per heavy atom. The van der Waals surface area contributed by atoms with E-state index in [0.29, 0.717) is 12.3 Å². The Morgan fingerprint density at radius 2 is 2.27 bits per heavy atom. The lowest BCUT2D eigenvalue weighted by molar-refractivity contribution is 0.124. The van der Waals surface area contributed by atoms with E-state index in [9.17, 15) is 13.5 Å². The lowest BCUT2D eigenvalue weighted by Gasteiger charge is -2.35. The highest BCUT2D eigenvalue weighted by atomic mass is 32.2. The number of hydrogen-bond donors (Lipinski definition) is 1. The van der Waals surface area contributed by atoms with Crippen molar-refractivity contribution in [1.29, 1.82) is 0 Å². The number of sulfone groups is 1. The first kappa shape index (κ1) is 13.3. The molecule has 1 fully saturated rings. The zero-order chi connectivity index (χ0) is 11.5. The molecule has 0 saturated carbocycles. The number of β-amino-alcohol motifs (C(OH)–C–C–N with tert-alkyl or cyclic N) is 1. The van der Waals surface area contributed by atoms with Crippen LogP contribution in [0.2, 0.25) is 0 Å². The lowest BCUT2D eigenvalue weighted by atomic mass is 10.3. The van der Waals surface area contributed by atoms with E-state index in [4.69, 9.17) is 0 Å². The van der Waals surface area contributed by atoms with E-state index in [-0.39, 0.29) is 5.75 Å². The number of aliphatic hydroxyl groups excluding tert-OH is 1. The molecule has 1 saturated heterocycles. The summed E-state index contributed by atoms with van der Waals surface area (Å²) in [6.45, 7) is 4.57. The molecule has 90 valence electrons. The number of aliphatic hydroxyl groups is 1. The Labute approximate surface area is 96.0 Å². The second-order valence-electron chi connectivity index (χ2n) is 3.83. The molecule has 0 spiro atoms. The van der Waals surface area contributed by atoms with Gasteiger partial charge in [-0.1, -0.05) is 6.92 Å². The zero-order valence-corrected chi connectivity index (χ0v) is 10.9. The molecule has 1 aliphatic heterocycles. The number of thioether (sulfide) groups is 1. The Bertz CT molecular complexity index is 290. The Hall–Kier alpha value is 0.220. The molecule has 1 N–H and O–H groups in total. The molecule has 1 aliphatic rings. The molecule has 6 heteroatoms. The summed E-state index contributed by atoms with van der Waals surface area (Å²) in [6.07, 6.45) is -0.470. The van der Waals surface area contributed by atoms with Crippen molar-refractivity contribution in [3.63, 3.8) is 0 Å². The predicted octanol–water partition coefficient (Wildman–Crippen LogP) is 0.177. The van der Waals surface area contributed by atoms with Gasteiger partial charge in [-0.2, -0.15) is 11.8 Å². The number of hydrogen-bond acceptors (Lipinski definition) is 5. The largest absolute Gasteiger partial charge is 0.392 e. The average Bonchev–Trinajstić information content (AvgIpc) is 2.17. The predicted molar refractivity (Wildman–Crippen MR) is 63.8 cm³/mol. The van der Waals surface area contributed by atoms with Crippen LogP contribution < -0.4 is 0 Å². The minimum Gasteiger partial charge on any atom is -0.392 e. The van der Waals surface area contributed by atoms with Gasteiger partial charge in [0.15, 0.2) is 9.84 Å². The Balaban J connectivity index is 2.74. The summed E-state index contributed by atoms with van der Waals surface area (Å²) in [5, 5.41) is 8.91. The van der Waals surface area contributed by atoms with Crippen LogP contribution >= 0.6 is 11.8 Å². The third kappa shape index (κ3) is 3.62. The molecule has 0 amide bonds. The van der Waals surface area contributed by atoms with E-state index >= 15 is 0 Å². The van der Waals surface area contributed by atoms with E-state index < -0.39 is 21.3 Å². The molecule has 0 aliphatic carbocycles. The fraction of sp³-hybridized carbons (Fsp3) is 1.00. The van der Waals surface area contributed by atoms with E-state index in [0.717, 1.165) is 12.3 Å². The van der Waals surface area contributed by atoms with Gasteiger partial charge >= 0.3 is 0 Å². The van der Waals surface area contributed by atoms with Crippen LogP contribution in [0.5, 0.6) is 0 Å². The van der Waals surface area contributed by atoms with Gasteiger partial charge in [-0.15, -0.1) is 0 Å². The SMILES string of the molecule is CCS(=O)(=O)C1CSCCN1CC(C)O. The van der Waals surface area contributed by atoms with Crippen LogP contribution in [0.1, 0.15) is 13.8 Å². The average molecular weight is 253 g/mol. The quantitative estimate of drug-likeness (QED) is 0.774. The van der Waals surface area contributed by atoms with Crippen molar-refractivity contribution >= 4 is 21.6 Å². The number of rotatable bonds is 4. The van der Waals surface area contributed by atoms with Gasteiger partial charge in [-0.25, -0.2) is 8.42 Å². The van der Waals surface area contributed by atoms with Gasteiger partial charge in [-0.05, 0) is 6.92 Å². The topological polar surface area (TPSA) is 57.6 Å². The summed E-state index contributed by atoms with van der Waals surface area (Å²) in [5.74, 6) is 1.75. The van der Waals surface area contributed by atoms with Gasteiger partial charge in [0.1, 0.15) is 5.37 Å². The van der Waals surface area contributed by atoms with E-state index in [1.807, 2.05) is 4.90 Å². The van der Waals surface area contributed by atoms with Crippen molar-refractivity contribution in [3.8, 4) is 0 Å². The van der Waals surface area contributed by atoms with Crippen molar-refractivity contribution in [2.75, 3.05) is 30.3 Å². The monoisotopic (exact) mass is 253 g/mol. The Morgan fingerprint density at radius 1 is 1.60 bits per heavy atom. The van der Waals surface area contributed by atoms with Crippen LogP contribution in [0.3, 0.4) is 0 Å². The molecule has 2 unspecified atom stereocenters. The molecular weight excluding hydrogens is 234 g/mol. The first-order valence-electron chi connectivity index (χ1n) is 5.18. The molecule has 0 radical (unpaired) electrons. The summed E-state index contributed by atoms with van der Waals surface area (Å²) in [5.41, 5.74) is 0. The summed E-state index contributed by atoms with van der Waals surface area (Å²) in [7, 11) is -3.02. The minimum absolute atomic E-state index is 0.175. The van der Waals surface area contributed by atoms with Gasteiger partial charge in [0, 0.05) is 30.3 Å². The molecular formula is C9H19NO3S2. The Kier molecular flexibility index (Phi) is 4.89. The standard InChI is InChI=1S/C9H19NO3S2/c1-3-15(12,13)9-7-14-5-4-10(9)6-8(2)11/h8-9,11H,3-7H2,1-2H3. The highest BCUT2D eigenvalue weighted by Gasteiger charge is 2.32. The van der Waals surface area contributed by atoms with E-state index in [1.165, 1.54) is 0 Å². The normalized spacial score (nSPS) is 26.5. The fourth-order valence-electron chi connectivity index (χ4n) is 1.69. The van der Waals surface area contributed by atoms with Gasteiger partial charge in [0.2, 0.25) is 0 Å². The smallest absolute Gasteiger partial charge is 0.166 e. The third-order valence-corrected chi connectivity index (χ3v) is 5.84. The molecule has 15 heavy (non-hydrogen) atoms. The molecule has 0 aromatic carbocycles. The third-order valence-electron chi connectivity index (χ3n) is 2.51. The van der Waals surface area contributed by atoms with Gasteiger partial charge in [-0.3, -0.25) is 4.90 Å². The lowest BCUT2D eigenvalue weighted by Crippen LogP contribution is -2.50. The maximum absolute atomic E-state index is 11.8. The fourth-order valence-corrected chi connectivity index (χ4v) is 4.78. The molecule has 2 atom stereocenters. The maximum atomic E-state index is 11.8. The minimum atomic E-state index is -3.02. The van der Waals surface area contributed by atoms with Crippen LogP contribution in [-0.4, -0.2) is 60.3 Å². The molecule has 0 bridgehead atoms. The number of nitrogens with zero attached hydrogens (tertiary/aromatic N) is 1. The van der Waals surface area contributed by atoms with Gasteiger partial charge < -0.3 is 5.11 Å². The van der Waals surface area contributed by atoms with Gasteiger partial charge in [0.25, 0.3) is 0 Å². The summed E-state index contributed by atoms with van der Waals surface area (Å²) < 4.78 is 23.6. The van der Waals surface area contributed by atoms with E-state index in [2.05, 4.69) is 0 Å². The first-order chi connectivity index (χ1) is 6.97. The van der Waals surface area contributed by atoms with Crippen LogP contribution in [0.25, 0.3) is 0 Å². The highest BCUT2D eigenvalue weighted by molar-refractivity contribution is 8.01. The maximum Gasteiger partial charge on any atom is 0.166 e. The summed E-state index contributed by atoms with van der Waals surface area (Å²) in [6, 6.07) is 0. The highest BCUT2D eigenvalue weighted by Crippen LogP contribution is 2.21. The zero-order valence-electron chi connectivity index (χ0n) is 9.22. The summed E-state index contributed by atoms with van der Waals surface area (Å²) >= 11 is 1.67. The van der Waals surface area contributed by atoms with Crippen LogP contribution in [0.15, 0.2) is 0 Å². The molecule has 4 nitrogen and oxygen atoms in total. The van der Waals surface area contributed by atoms with Crippen molar-refractivity contribution < 1.29 is 13.5 Å². The molecule has 0 aromatic heterocycles. The molecule has 1 rings (SSSR count). The van der Waals surface area contributed by atoms with E-state index in [1.54, 1.807) is 25.6 Å². The van der Waals surface area contributed by atoms with Crippen molar-refractivity contribution in [2.45, 2.75) is 25.3 Å². The van der Waals surface area contributed by atoms with Crippen molar-refractivity contribution in [3.05, 3.63) is 0 Å². The van der Waals surface area contributed by atoms with Crippen molar-refractivity contribution in [1.82, 2.24) is 4.90 Å². The van der Waals surface area contributed by atoms with Crippen LogP contribution in [-0.2, 0) is 9.84 Å². The van der Waals surface area contributed by atoms with Crippen LogP contribution in [0, 0.1) is 0 Å². The second kappa shape index (κ2) is 5.52. The molecule has 0 aromatic rings. The van der Waals surface area contributed by atoms with Crippen LogP contribution in [0.4, 0.5) is 0 Å². The van der Waals surface area contributed by atoms with Gasteiger partial charge in [0.05, 0.1) is 6.10 Å². The first-order valence-corrected chi connectivity index (χ1v) is 8.05. The molecule has 1 heterocycles. The second-order valence-corrected chi connectivity index (χ2v) is 7.42.